The highest BCUT2D eigenvalue weighted by Crippen LogP contribution is 2.27. The second-order valence-corrected chi connectivity index (χ2v) is 6.11. The number of piperazine rings is 1. The number of ether oxygens (including phenoxy) is 1. The smallest absolute Gasteiger partial charge is 0.256 e. The van der Waals surface area contributed by atoms with Crippen molar-refractivity contribution in [1.82, 2.24) is 14.4 Å². The summed E-state index contributed by atoms with van der Waals surface area (Å²) < 4.78 is 6.73. The topological polar surface area (TPSA) is 71.8 Å². The number of hydrogen-bond acceptors (Lipinski definition) is 4. The molecule has 2 aromatic rings. The van der Waals surface area contributed by atoms with Crippen LogP contribution in [-0.2, 0) is 4.79 Å². The summed E-state index contributed by atoms with van der Waals surface area (Å²) in [6.45, 7) is 5.00. The lowest BCUT2D eigenvalue weighted by Crippen LogP contribution is -2.50. The zero-order chi connectivity index (χ0) is 18.1. The minimum atomic E-state index is -0.157. The van der Waals surface area contributed by atoms with E-state index in [9.17, 15) is 14.4 Å². The fraction of sp³-hybridized carbons (Fsp3) is 0.389. The van der Waals surface area contributed by atoms with Crippen molar-refractivity contribution in [3.05, 3.63) is 30.0 Å². The zero-order valence-corrected chi connectivity index (χ0v) is 14.6. The molecule has 1 aromatic carbocycles. The standard InChI is InChI=1S/C18H21N3O4/c1-12(22)19-6-8-20(9-7-19)18(24)16-11-21(13(2)23)17-5-4-14(25-3)10-15(16)17/h4-5,10-11H,6-9H2,1-3H3. The molecule has 0 radical (unpaired) electrons. The van der Waals surface area contributed by atoms with E-state index in [1.807, 2.05) is 0 Å². The average molecular weight is 343 g/mol. The molecule has 2 heterocycles. The molecule has 1 saturated heterocycles. The summed E-state index contributed by atoms with van der Waals surface area (Å²) in [6, 6.07) is 5.32. The molecular formula is C18H21N3O4. The first-order valence-corrected chi connectivity index (χ1v) is 8.17. The van der Waals surface area contributed by atoms with Crippen LogP contribution in [0.2, 0.25) is 0 Å². The lowest BCUT2D eigenvalue weighted by Gasteiger charge is -2.34. The van der Waals surface area contributed by atoms with Gasteiger partial charge in [-0.25, -0.2) is 0 Å². The number of carbonyl (C=O) groups is 3. The van der Waals surface area contributed by atoms with Gasteiger partial charge in [0.25, 0.3) is 5.91 Å². The number of hydrogen-bond donors (Lipinski definition) is 0. The molecule has 1 fully saturated rings. The zero-order valence-electron chi connectivity index (χ0n) is 14.6. The number of rotatable bonds is 2. The van der Waals surface area contributed by atoms with Gasteiger partial charge in [-0.2, -0.15) is 0 Å². The minimum Gasteiger partial charge on any atom is -0.497 e. The molecule has 0 spiro atoms. The van der Waals surface area contributed by atoms with Gasteiger partial charge < -0.3 is 14.5 Å². The van der Waals surface area contributed by atoms with Crippen molar-refractivity contribution in [2.24, 2.45) is 0 Å². The molecule has 3 rings (SSSR count). The van der Waals surface area contributed by atoms with E-state index in [0.29, 0.717) is 48.4 Å². The summed E-state index contributed by atoms with van der Waals surface area (Å²) in [5.41, 5.74) is 1.15. The van der Waals surface area contributed by atoms with Gasteiger partial charge in [-0.3, -0.25) is 19.0 Å². The van der Waals surface area contributed by atoms with Crippen LogP contribution in [0.3, 0.4) is 0 Å². The van der Waals surface area contributed by atoms with Gasteiger partial charge in [0.2, 0.25) is 11.8 Å². The van der Waals surface area contributed by atoms with Crippen LogP contribution in [0, 0.1) is 0 Å². The number of methoxy groups -OCH3 is 1. The first kappa shape index (κ1) is 17.0. The van der Waals surface area contributed by atoms with Gasteiger partial charge in [0.15, 0.2) is 0 Å². The minimum absolute atomic E-state index is 0.0185. The van der Waals surface area contributed by atoms with Crippen molar-refractivity contribution in [3.8, 4) is 5.75 Å². The Morgan fingerprint density at radius 1 is 0.960 bits per heavy atom. The molecule has 1 aromatic heterocycles. The van der Waals surface area contributed by atoms with E-state index in [-0.39, 0.29) is 17.7 Å². The maximum Gasteiger partial charge on any atom is 0.256 e. The van der Waals surface area contributed by atoms with Crippen LogP contribution < -0.4 is 4.74 Å². The number of carbonyl (C=O) groups excluding carboxylic acids is 3. The molecule has 0 bridgehead atoms. The number of fused-ring (bicyclic) bond motifs is 1. The second-order valence-electron chi connectivity index (χ2n) is 6.11. The Kier molecular flexibility index (Phi) is 4.48. The van der Waals surface area contributed by atoms with Crippen molar-refractivity contribution < 1.29 is 19.1 Å². The molecule has 7 heteroatoms. The third-order valence-electron chi connectivity index (χ3n) is 4.59. The number of nitrogens with zero attached hydrogens (tertiary/aromatic N) is 3. The van der Waals surface area contributed by atoms with Gasteiger partial charge in [-0.05, 0) is 18.2 Å². The van der Waals surface area contributed by atoms with Crippen LogP contribution in [0.4, 0.5) is 0 Å². The summed E-state index contributed by atoms with van der Waals surface area (Å²) in [7, 11) is 1.56. The molecular weight excluding hydrogens is 322 g/mol. The fourth-order valence-corrected chi connectivity index (χ4v) is 3.16. The molecule has 132 valence electrons. The van der Waals surface area contributed by atoms with E-state index >= 15 is 0 Å². The van der Waals surface area contributed by atoms with Crippen molar-refractivity contribution in [2.45, 2.75) is 13.8 Å². The van der Waals surface area contributed by atoms with Crippen LogP contribution >= 0.6 is 0 Å². The first-order valence-electron chi connectivity index (χ1n) is 8.17. The predicted octanol–water partition coefficient (Wildman–Crippen LogP) is 1.61. The third-order valence-corrected chi connectivity index (χ3v) is 4.59. The molecule has 0 atom stereocenters. The van der Waals surface area contributed by atoms with Crippen LogP contribution in [0.15, 0.2) is 24.4 Å². The summed E-state index contributed by atoms with van der Waals surface area (Å²) in [6.07, 6.45) is 1.59. The van der Waals surface area contributed by atoms with Crippen molar-refractivity contribution in [3.63, 3.8) is 0 Å². The van der Waals surface area contributed by atoms with Crippen LogP contribution in [0.1, 0.15) is 29.0 Å². The second kappa shape index (κ2) is 6.58. The molecule has 0 saturated carbocycles. The van der Waals surface area contributed by atoms with E-state index in [4.69, 9.17) is 4.74 Å². The Bertz CT molecular complexity index is 847. The van der Waals surface area contributed by atoms with E-state index in [2.05, 4.69) is 0 Å². The molecule has 0 N–H and O–H groups in total. The van der Waals surface area contributed by atoms with E-state index < -0.39 is 0 Å². The SMILES string of the molecule is COc1ccc2c(c1)c(C(=O)N1CCN(C(C)=O)CC1)cn2C(C)=O. The monoisotopic (exact) mass is 343 g/mol. The van der Waals surface area contributed by atoms with Gasteiger partial charge in [0, 0.05) is 51.6 Å². The van der Waals surface area contributed by atoms with Crippen molar-refractivity contribution in [2.75, 3.05) is 33.3 Å². The molecule has 2 amide bonds. The lowest BCUT2D eigenvalue weighted by molar-refractivity contribution is -0.130. The Labute approximate surface area is 145 Å². The quantitative estimate of drug-likeness (QED) is 0.831. The van der Waals surface area contributed by atoms with Crippen molar-refractivity contribution >= 4 is 28.6 Å². The van der Waals surface area contributed by atoms with Gasteiger partial charge in [-0.1, -0.05) is 0 Å². The van der Waals surface area contributed by atoms with E-state index in [1.54, 1.807) is 41.3 Å². The Morgan fingerprint density at radius 2 is 1.60 bits per heavy atom. The maximum atomic E-state index is 13.0. The third kappa shape index (κ3) is 3.09. The normalized spacial score (nSPS) is 14.7. The highest BCUT2D eigenvalue weighted by molar-refractivity contribution is 6.09. The van der Waals surface area contributed by atoms with Gasteiger partial charge in [-0.15, -0.1) is 0 Å². The fourth-order valence-electron chi connectivity index (χ4n) is 3.16. The molecule has 1 aliphatic rings. The van der Waals surface area contributed by atoms with E-state index in [1.165, 1.54) is 18.4 Å². The summed E-state index contributed by atoms with van der Waals surface area (Å²) >= 11 is 0. The molecule has 1 aliphatic heterocycles. The highest BCUT2D eigenvalue weighted by Gasteiger charge is 2.26. The van der Waals surface area contributed by atoms with E-state index in [0.717, 1.165) is 0 Å². The number of benzene rings is 1. The van der Waals surface area contributed by atoms with Gasteiger partial charge in [0.05, 0.1) is 18.2 Å². The highest BCUT2D eigenvalue weighted by atomic mass is 16.5. The number of aromatic nitrogens is 1. The van der Waals surface area contributed by atoms with Crippen LogP contribution in [0.5, 0.6) is 5.75 Å². The Morgan fingerprint density at radius 3 is 2.16 bits per heavy atom. The Hall–Kier alpha value is -2.83. The number of amides is 2. The first-order chi connectivity index (χ1) is 11.9. The van der Waals surface area contributed by atoms with Gasteiger partial charge in [0.1, 0.15) is 5.75 Å². The molecule has 0 aliphatic carbocycles. The van der Waals surface area contributed by atoms with Crippen LogP contribution in [0.25, 0.3) is 10.9 Å². The van der Waals surface area contributed by atoms with Gasteiger partial charge >= 0.3 is 0 Å². The molecule has 0 unspecified atom stereocenters. The average Bonchev–Trinajstić information content (AvgIpc) is 3.00. The predicted molar refractivity (Wildman–Crippen MR) is 92.9 cm³/mol. The summed E-state index contributed by atoms with van der Waals surface area (Å²) in [5, 5.41) is 0.688. The van der Waals surface area contributed by atoms with Crippen LogP contribution in [-0.4, -0.2) is 65.4 Å². The lowest BCUT2D eigenvalue weighted by atomic mass is 10.1. The Balaban J connectivity index is 1.96. The van der Waals surface area contributed by atoms with Crippen molar-refractivity contribution in [1.29, 1.82) is 0 Å². The summed E-state index contributed by atoms with van der Waals surface area (Å²) in [5.74, 6) is 0.353. The maximum absolute atomic E-state index is 13.0. The largest absolute Gasteiger partial charge is 0.497 e. The molecule has 25 heavy (non-hydrogen) atoms. The molecule has 7 nitrogen and oxygen atoms in total. The summed E-state index contributed by atoms with van der Waals surface area (Å²) in [4.78, 5) is 39.8.